The Bertz CT molecular complexity index is 1310. The van der Waals surface area contributed by atoms with Crippen LogP contribution < -0.4 is 10.9 Å². The van der Waals surface area contributed by atoms with Crippen molar-refractivity contribution in [1.29, 1.82) is 0 Å². The van der Waals surface area contributed by atoms with Gasteiger partial charge in [-0.1, -0.05) is 73.5 Å². The van der Waals surface area contributed by atoms with Gasteiger partial charge in [0.2, 0.25) is 11.7 Å². The molecule has 2 aromatic carbocycles. The minimum atomic E-state index is -0.0690. The minimum absolute atomic E-state index is 0.00967. The average Bonchev–Trinajstić information content (AvgIpc) is 3.27. The molecule has 0 unspecified atom stereocenters. The van der Waals surface area contributed by atoms with Gasteiger partial charge in [0.25, 0.3) is 5.56 Å². The lowest BCUT2D eigenvalue weighted by Gasteiger charge is -2.24. The van der Waals surface area contributed by atoms with Crippen LogP contribution in [0.4, 0.5) is 0 Å². The van der Waals surface area contributed by atoms with Crippen LogP contribution >= 0.6 is 11.8 Å². The Hall–Kier alpha value is -3.13. The Labute approximate surface area is 189 Å². The van der Waals surface area contributed by atoms with Crippen molar-refractivity contribution in [1.82, 2.24) is 24.5 Å². The summed E-state index contributed by atoms with van der Waals surface area (Å²) >= 11 is 1.34. The molecule has 4 aromatic rings. The van der Waals surface area contributed by atoms with E-state index in [2.05, 4.69) is 15.5 Å². The van der Waals surface area contributed by atoms with E-state index in [9.17, 15) is 9.59 Å². The second kappa shape index (κ2) is 9.16. The van der Waals surface area contributed by atoms with E-state index < -0.39 is 0 Å². The number of carbonyl (C=O) groups excluding carboxylic acids is 1. The molecule has 1 N–H and O–H groups in total. The van der Waals surface area contributed by atoms with E-state index >= 15 is 0 Å². The van der Waals surface area contributed by atoms with Gasteiger partial charge in [-0.2, -0.15) is 0 Å². The first-order chi connectivity index (χ1) is 15.7. The summed E-state index contributed by atoms with van der Waals surface area (Å²) in [6.07, 6.45) is 5.40. The third-order valence-corrected chi connectivity index (χ3v) is 6.96. The summed E-state index contributed by atoms with van der Waals surface area (Å²) in [6.45, 7) is 0.491. The first-order valence-electron chi connectivity index (χ1n) is 11.0. The third-order valence-electron chi connectivity index (χ3n) is 6.03. The third kappa shape index (κ3) is 4.02. The summed E-state index contributed by atoms with van der Waals surface area (Å²) in [6, 6.07) is 17.5. The standard InChI is InChI=1S/C24H25N5O2S/c30-21(25-15-17-9-3-1-4-10-17)16-32-24-27-26-23-28(18-11-5-2-6-12-18)22(31)19-13-7-8-14-20(19)29(23)24/h1,3-4,7-10,13-14,18H,2,5-6,11-12,15-16H2,(H,25,30). The molecule has 1 fully saturated rings. The van der Waals surface area contributed by atoms with E-state index in [1.54, 1.807) is 0 Å². The van der Waals surface area contributed by atoms with Crippen LogP contribution in [0, 0.1) is 0 Å². The average molecular weight is 448 g/mol. The van der Waals surface area contributed by atoms with E-state index in [1.165, 1.54) is 18.2 Å². The highest BCUT2D eigenvalue weighted by atomic mass is 32.2. The zero-order valence-corrected chi connectivity index (χ0v) is 18.6. The number of hydrogen-bond acceptors (Lipinski definition) is 5. The van der Waals surface area contributed by atoms with Crippen molar-refractivity contribution in [2.45, 2.75) is 49.8 Å². The normalized spacial score (nSPS) is 14.8. The number of para-hydroxylation sites is 1. The number of hydrogen-bond donors (Lipinski definition) is 1. The lowest BCUT2D eigenvalue weighted by Crippen LogP contribution is -2.28. The molecule has 1 aliphatic carbocycles. The van der Waals surface area contributed by atoms with Crippen LogP contribution in [0.15, 0.2) is 64.5 Å². The number of fused-ring (bicyclic) bond motifs is 3. The molecule has 7 nitrogen and oxygen atoms in total. The molecule has 0 bridgehead atoms. The number of amides is 1. The molecule has 0 saturated heterocycles. The first-order valence-corrected chi connectivity index (χ1v) is 12.0. The van der Waals surface area contributed by atoms with E-state index in [4.69, 9.17) is 0 Å². The summed E-state index contributed by atoms with van der Waals surface area (Å²) in [5, 5.41) is 13.0. The summed E-state index contributed by atoms with van der Waals surface area (Å²) in [5.74, 6) is 0.720. The van der Waals surface area contributed by atoms with Gasteiger partial charge in [0.15, 0.2) is 5.16 Å². The Morgan fingerprint density at radius 2 is 1.75 bits per heavy atom. The summed E-state index contributed by atoms with van der Waals surface area (Å²) in [4.78, 5) is 25.8. The zero-order chi connectivity index (χ0) is 21.9. The molecule has 0 aliphatic heterocycles. The second-order valence-corrected chi connectivity index (χ2v) is 9.10. The minimum Gasteiger partial charge on any atom is -0.351 e. The molecule has 8 heteroatoms. The molecule has 5 rings (SSSR count). The fourth-order valence-electron chi connectivity index (χ4n) is 4.44. The van der Waals surface area contributed by atoms with Gasteiger partial charge >= 0.3 is 0 Å². The Balaban J connectivity index is 1.44. The highest BCUT2D eigenvalue weighted by Crippen LogP contribution is 2.30. The number of nitrogens with zero attached hydrogens (tertiary/aromatic N) is 4. The molecule has 2 aromatic heterocycles. The van der Waals surface area contributed by atoms with E-state index in [0.29, 0.717) is 22.9 Å². The molecular weight excluding hydrogens is 422 g/mol. The number of nitrogens with one attached hydrogen (secondary N) is 1. The summed E-state index contributed by atoms with van der Waals surface area (Å²) in [5.41, 5.74) is 1.82. The number of carbonyl (C=O) groups is 1. The van der Waals surface area contributed by atoms with Gasteiger partial charge in [-0.15, -0.1) is 10.2 Å². The van der Waals surface area contributed by atoms with Crippen molar-refractivity contribution in [2.24, 2.45) is 0 Å². The van der Waals surface area contributed by atoms with Crippen LogP contribution in [0.1, 0.15) is 43.7 Å². The Kier molecular flexibility index (Phi) is 5.94. The van der Waals surface area contributed by atoms with Crippen LogP contribution in [0.3, 0.4) is 0 Å². The van der Waals surface area contributed by atoms with Crippen LogP contribution in [0.2, 0.25) is 0 Å². The molecule has 0 atom stereocenters. The number of thioether (sulfide) groups is 1. The summed E-state index contributed by atoms with van der Waals surface area (Å²) in [7, 11) is 0. The number of aromatic nitrogens is 4. The molecule has 32 heavy (non-hydrogen) atoms. The second-order valence-electron chi connectivity index (χ2n) is 8.15. The molecule has 164 valence electrons. The van der Waals surface area contributed by atoms with Gasteiger partial charge in [-0.05, 0) is 30.5 Å². The van der Waals surface area contributed by atoms with E-state index in [-0.39, 0.29) is 23.3 Å². The van der Waals surface area contributed by atoms with Crippen molar-refractivity contribution < 1.29 is 4.79 Å². The van der Waals surface area contributed by atoms with Gasteiger partial charge in [0.05, 0.1) is 16.7 Å². The number of rotatable bonds is 6. The Morgan fingerprint density at radius 1 is 1.00 bits per heavy atom. The molecule has 1 aliphatic rings. The van der Waals surface area contributed by atoms with E-state index in [0.717, 1.165) is 36.8 Å². The highest BCUT2D eigenvalue weighted by molar-refractivity contribution is 7.99. The van der Waals surface area contributed by atoms with Gasteiger partial charge in [0.1, 0.15) is 0 Å². The fraction of sp³-hybridized carbons (Fsp3) is 0.333. The van der Waals surface area contributed by atoms with Crippen molar-refractivity contribution in [3.63, 3.8) is 0 Å². The SMILES string of the molecule is O=C(CSc1nnc2n(C3CCCCC3)c(=O)c3ccccc3n12)NCc1ccccc1. The van der Waals surface area contributed by atoms with Crippen molar-refractivity contribution >= 4 is 34.3 Å². The van der Waals surface area contributed by atoms with Crippen molar-refractivity contribution in [3.05, 3.63) is 70.5 Å². The van der Waals surface area contributed by atoms with Crippen LogP contribution in [-0.2, 0) is 11.3 Å². The predicted molar refractivity (Wildman–Crippen MR) is 126 cm³/mol. The smallest absolute Gasteiger partial charge is 0.263 e. The van der Waals surface area contributed by atoms with Gasteiger partial charge in [-0.25, -0.2) is 0 Å². The fourth-order valence-corrected chi connectivity index (χ4v) is 5.21. The maximum Gasteiger partial charge on any atom is 0.263 e. The van der Waals surface area contributed by atoms with Crippen LogP contribution in [0.5, 0.6) is 0 Å². The largest absolute Gasteiger partial charge is 0.351 e. The molecule has 0 spiro atoms. The van der Waals surface area contributed by atoms with Crippen LogP contribution in [-0.4, -0.2) is 30.8 Å². The molecule has 1 amide bonds. The Morgan fingerprint density at radius 3 is 2.56 bits per heavy atom. The van der Waals surface area contributed by atoms with Gasteiger partial charge < -0.3 is 5.32 Å². The lowest BCUT2D eigenvalue weighted by molar-refractivity contribution is -0.118. The highest BCUT2D eigenvalue weighted by Gasteiger charge is 2.23. The molecule has 2 heterocycles. The summed E-state index contributed by atoms with van der Waals surface area (Å²) < 4.78 is 3.76. The van der Waals surface area contributed by atoms with E-state index in [1.807, 2.05) is 63.6 Å². The van der Waals surface area contributed by atoms with Crippen LogP contribution in [0.25, 0.3) is 16.7 Å². The lowest BCUT2D eigenvalue weighted by atomic mass is 9.95. The predicted octanol–water partition coefficient (Wildman–Crippen LogP) is 3.96. The number of benzene rings is 2. The van der Waals surface area contributed by atoms with Gasteiger partial charge in [0, 0.05) is 12.6 Å². The maximum atomic E-state index is 13.3. The quantitative estimate of drug-likeness (QED) is 0.453. The maximum absolute atomic E-state index is 13.3. The van der Waals surface area contributed by atoms with Crippen molar-refractivity contribution in [3.8, 4) is 0 Å². The molecule has 1 saturated carbocycles. The van der Waals surface area contributed by atoms with Gasteiger partial charge in [-0.3, -0.25) is 18.6 Å². The first kappa shape index (κ1) is 20.8. The monoisotopic (exact) mass is 447 g/mol. The molecule has 0 radical (unpaired) electrons. The zero-order valence-electron chi connectivity index (χ0n) is 17.7. The molecular formula is C24H25N5O2S. The van der Waals surface area contributed by atoms with Crippen molar-refractivity contribution in [2.75, 3.05) is 5.75 Å². The topological polar surface area (TPSA) is 81.3 Å².